The summed E-state index contributed by atoms with van der Waals surface area (Å²) >= 11 is 0. The molecule has 1 saturated heterocycles. The number of nitrogens with zero attached hydrogens (tertiary/aromatic N) is 1. The third-order valence-corrected chi connectivity index (χ3v) is 5.41. The number of sulfonamides is 1. The van der Waals surface area contributed by atoms with Crippen LogP contribution in [-0.2, 0) is 25.0 Å². The number of benzene rings is 1. The number of hydrogen-bond donors (Lipinski definition) is 1. The third-order valence-electron chi connectivity index (χ3n) is 4.01. The Hall–Kier alpha value is -1.91. The zero-order valence-corrected chi connectivity index (χ0v) is 14.0. The summed E-state index contributed by atoms with van der Waals surface area (Å²) in [6.07, 6.45) is 0.683. The predicted molar refractivity (Wildman–Crippen MR) is 85.0 cm³/mol. The number of nitrogens with one attached hydrogen (secondary N) is 1. The van der Waals surface area contributed by atoms with Gasteiger partial charge in [0.1, 0.15) is 0 Å². The summed E-state index contributed by atoms with van der Waals surface area (Å²) in [5, 5.41) is 8.95. The molecule has 1 aromatic rings. The van der Waals surface area contributed by atoms with Crippen molar-refractivity contribution in [1.29, 1.82) is 5.26 Å². The van der Waals surface area contributed by atoms with Gasteiger partial charge >= 0.3 is 0 Å². The van der Waals surface area contributed by atoms with Crippen LogP contribution in [0.5, 0.6) is 0 Å². The quantitative estimate of drug-likeness (QED) is 0.875. The predicted octanol–water partition coefficient (Wildman–Crippen LogP) is 1.32. The first-order chi connectivity index (χ1) is 10.7. The van der Waals surface area contributed by atoms with Gasteiger partial charge in [-0.05, 0) is 38.0 Å². The Morgan fingerprint density at radius 3 is 2.83 bits per heavy atom. The van der Waals surface area contributed by atoms with E-state index >= 15 is 0 Å². The first kappa shape index (κ1) is 17.4. The van der Waals surface area contributed by atoms with E-state index in [2.05, 4.69) is 4.72 Å². The van der Waals surface area contributed by atoms with Crippen LogP contribution < -0.4 is 4.72 Å². The lowest BCUT2D eigenvalue weighted by atomic mass is 9.83. The highest BCUT2D eigenvalue weighted by Crippen LogP contribution is 2.25. The molecule has 124 valence electrons. The molecule has 2 rings (SSSR count). The summed E-state index contributed by atoms with van der Waals surface area (Å²) in [7, 11) is -3.72. The van der Waals surface area contributed by atoms with E-state index in [0.717, 1.165) is 0 Å². The maximum atomic E-state index is 12.4. The van der Waals surface area contributed by atoms with Gasteiger partial charge in [-0.3, -0.25) is 9.52 Å². The van der Waals surface area contributed by atoms with Crippen LogP contribution in [0.1, 0.15) is 31.4 Å². The second kappa shape index (κ2) is 6.69. The van der Waals surface area contributed by atoms with E-state index in [9.17, 15) is 13.2 Å². The fourth-order valence-corrected chi connectivity index (χ4v) is 3.95. The molecule has 1 atom stereocenters. The lowest BCUT2D eigenvalue weighted by Crippen LogP contribution is -2.44. The fraction of sp³-hybridized carbons (Fsp3) is 0.500. The Labute approximate surface area is 136 Å². The number of carbonyl (C=O) groups excluding carboxylic acids is 1. The van der Waals surface area contributed by atoms with E-state index in [0.29, 0.717) is 30.8 Å². The molecule has 0 aromatic heterocycles. The first-order valence-electron chi connectivity index (χ1n) is 7.38. The summed E-state index contributed by atoms with van der Waals surface area (Å²) in [5.74, 6) is -0.801. The van der Waals surface area contributed by atoms with Gasteiger partial charge in [-0.1, -0.05) is 12.1 Å². The van der Waals surface area contributed by atoms with Crippen LogP contribution in [0.4, 0.5) is 0 Å². The Morgan fingerprint density at radius 1 is 1.48 bits per heavy atom. The van der Waals surface area contributed by atoms with Gasteiger partial charge in [-0.15, -0.1) is 0 Å². The maximum Gasteiger partial charge on any atom is 0.243 e. The number of rotatable bonds is 5. The van der Waals surface area contributed by atoms with Gasteiger partial charge in [0, 0.05) is 12.5 Å². The number of carbonyl (C=O) groups is 1. The molecule has 0 aliphatic carbocycles. The molecule has 0 saturated carbocycles. The maximum absolute atomic E-state index is 12.4. The molecular formula is C16H20N2O4S. The molecule has 23 heavy (non-hydrogen) atoms. The topological polar surface area (TPSA) is 96.3 Å². The van der Waals surface area contributed by atoms with E-state index in [-0.39, 0.29) is 11.7 Å². The molecule has 6 nitrogen and oxygen atoms in total. The van der Waals surface area contributed by atoms with Gasteiger partial charge in [0.25, 0.3) is 0 Å². The van der Waals surface area contributed by atoms with Crippen LogP contribution in [0.2, 0.25) is 0 Å². The molecule has 0 bridgehead atoms. The normalized spacial score (nSPS) is 18.4. The molecule has 0 unspecified atom stereocenters. The smallest absolute Gasteiger partial charge is 0.243 e. The highest BCUT2D eigenvalue weighted by atomic mass is 32.2. The average Bonchev–Trinajstić information content (AvgIpc) is 2.98. The van der Waals surface area contributed by atoms with E-state index < -0.39 is 21.3 Å². The summed E-state index contributed by atoms with van der Waals surface area (Å²) in [6.45, 7) is 4.23. The number of hydrogen-bond acceptors (Lipinski definition) is 5. The van der Waals surface area contributed by atoms with Crippen molar-refractivity contribution >= 4 is 15.9 Å². The minimum atomic E-state index is -3.72. The molecule has 1 aliphatic heterocycles. The van der Waals surface area contributed by atoms with Crippen LogP contribution in [0, 0.1) is 17.2 Å². The number of nitriles is 1. The molecule has 1 aromatic carbocycles. The van der Waals surface area contributed by atoms with Gasteiger partial charge in [0.15, 0.2) is 0 Å². The lowest BCUT2D eigenvalue weighted by molar-refractivity contribution is -0.123. The Bertz CT molecular complexity index is 729. The Balaban J connectivity index is 2.12. The van der Waals surface area contributed by atoms with Gasteiger partial charge in [-0.25, -0.2) is 8.42 Å². The molecule has 7 heteroatoms. The van der Waals surface area contributed by atoms with Crippen LogP contribution in [0.15, 0.2) is 24.3 Å². The first-order valence-corrected chi connectivity index (χ1v) is 9.03. The molecule has 1 amide bonds. The van der Waals surface area contributed by atoms with Crippen molar-refractivity contribution in [2.45, 2.75) is 25.7 Å². The van der Waals surface area contributed by atoms with Crippen molar-refractivity contribution in [1.82, 2.24) is 4.72 Å². The Kier molecular flexibility index (Phi) is 5.07. The molecule has 0 radical (unpaired) electrons. The molecule has 1 heterocycles. The van der Waals surface area contributed by atoms with Crippen molar-refractivity contribution in [3.8, 4) is 6.07 Å². The second-order valence-electron chi connectivity index (χ2n) is 6.26. The third kappa shape index (κ3) is 4.30. The van der Waals surface area contributed by atoms with Crippen LogP contribution in [0.25, 0.3) is 0 Å². The molecular weight excluding hydrogens is 316 g/mol. The van der Waals surface area contributed by atoms with Gasteiger partial charge in [-0.2, -0.15) is 5.26 Å². The van der Waals surface area contributed by atoms with E-state index in [1.165, 1.54) is 0 Å². The van der Waals surface area contributed by atoms with E-state index in [1.807, 2.05) is 6.07 Å². The summed E-state index contributed by atoms with van der Waals surface area (Å²) in [6, 6.07) is 8.62. The van der Waals surface area contributed by atoms with Crippen molar-refractivity contribution in [2.75, 3.05) is 19.0 Å². The highest BCUT2D eigenvalue weighted by molar-refractivity contribution is 7.90. The summed E-state index contributed by atoms with van der Waals surface area (Å²) in [4.78, 5) is 12.4. The zero-order valence-electron chi connectivity index (χ0n) is 13.2. The monoisotopic (exact) mass is 336 g/mol. The van der Waals surface area contributed by atoms with Gasteiger partial charge in [0.2, 0.25) is 15.9 Å². The number of ether oxygens (including phenoxy) is 1. The van der Waals surface area contributed by atoms with Crippen molar-refractivity contribution in [3.05, 3.63) is 35.4 Å². The highest BCUT2D eigenvalue weighted by Gasteiger charge is 2.34. The largest absolute Gasteiger partial charge is 0.381 e. The minimum absolute atomic E-state index is 0.0784. The second-order valence-corrected chi connectivity index (χ2v) is 8.03. The van der Waals surface area contributed by atoms with Gasteiger partial charge in [0.05, 0.1) is 29.4 Å². The van der Waals surface area contributed by atoms with Crippen LogP contribution in [-0.4, -0.2) is 33.3 Å². The Morgan fingerprint density at radius 2 is 2.22 bits per heavy atom. The minimum Gasteiger partial charge on any atom is -0.381 e. The van der Waals surface area contributed by atoms with Crippen molar-refractivity contribution in [3.63, 3.8) is 0 Å². The average molecular weight is 336 g/mol. The standard InChI is InChI=1S/C16H20N2O4S/c1-16(2,14-5-3-4-12(8-14)9-17)15(19)18-23(20,21)11-13-6-7-22-10-13/h3-5,8,13H,6-7,10-11H2,1-2H3,(H,18,19)/t13-/m0/s1. The SMILES string of the molecule is CC(C)(C(=O)NS(=O)(=O)C[C@H]1CCOC1)c1cccc(C#N)c1. The molecule has 1 N–H and O–H groups in total. The zero-order chi connectivity index (χ0) is 17.1. The van der Waals surface area contributed by atoms with Crippen LogP contribution in [0.3, 0.4) is 0 Å². The lowest BCUT2D eigenvalue weighted by Gasteiger charge is -2.24. The van der Waals surface area contributed by atoms with Crippen molar-refractivity contribution < 1.29 is 17.9 Å². The summed E-state index contributed by atoms with van der Waals surface area (Å²) in [5.41, 5.74) is -0.0469. The fourth-order valence-electron chi connectivity index (χ4n) is 2.44. The molecule has 0 spiro atoms. The molecule has 1 fully saturated rings. The summed E-state index contributed by atoms with van der Waals surface area (Å²) < 4.78 is 31.6. The van der Waals surface area contributed by atoms with Crippen molar-refractivity contribution in [2.24, 2.45) is 5.92 Å². The van der Waals surface area contributed by atoms with E-state index in [4.69, 9.17) is 10.00 Å². The van der Waals surface area contributed by atoms with Crippen LogP contribution >= 0.6 is 0 Å². The molecule has 1 aliphatic rings. The number of amides is 1. The van der Waals surface area contributed by atoms with E-state index in [1.54, 1.807) is 38.1 Å². The van der Waals surface area contributed by atoms with Gasteiger partial charge < -0.3 is 4.74 Å².